The summed E-state index contributed by atoms with van der Waals surface area (Å²) in [5.74, 6) is -0.268. The molecule has 0 bridgehead atoms. The van der Waals surface area contributed by atoms with Gasteiger partial charge in [0.2, 0.25) is 5.91 Å². The Balaban J connectivity index is 1.40. The summed E-state index contributed by atoms with van der Waals surface area (Å²) in [6.45, 7) is 3.68. The Bertz CT molecular complexity index is 816. The zero-order valence-corrected chi connectivity index (χ0v) is 15.4. The Morgan fingerprint density at radius 1 is 1.04 bits per heavy atom. The van der Waals surface area contributed by atoms with Crippen molar-refractivity contribution < 1.29 is 9.59 Å². The van der Waals surface area contributed by atoms with Crippen molar-refractivity contribution in [3.63, 3.8) is 0 Å². The van der Waals surface area contributed by atoms with Gasteiger partial charge in [-0.2, -0.15) is 5.10 Å². The minimum absolute atomic E-state index is 0.0863. The molecule has 0 atom stereocenters. The van der Waals surface area contributed by atoms with Crippen molar-refractivity contribution in [2.45, 2.75) is 26.3 Å². The number of rotatable bonds is 7. The third-order valence-electron chi connectivity index (χ3n) is 4.37. The molecule has 0 saturated carbocycles. The number of carbonyl (C=O) groups is 2. The average Bonchev–Trinajstić information content (AvgIpc) is 3.13. The van der Waals surface area contributed by atoms with Gasteiger partial charge in [-0.25, -0.2) is 0 Å². The molecule has 0 unspecified atom stereocenters. The predicted octanol–water partition coefficient (Wildman–Crippen LogP) is 2.71. The number of carbonyl (C=O) groups excluding carboxylic acids is 2. The molecule has 0 fully saturated rings. The van der Waals surface area contributed by atoms with Gasteiger partial charge in [0.05, 0.1) is 5.69 Å². The molecule has 1 heterocycles. The van der Waals surface area contributed by atoms with Crippen LogP contribution in [0.15, 0.2) is 59.7 Å². The number of nitrogens with one attached hydrogen (secondary N) is 2. The first kappa shape index (κ1) is 18.6. The molecule has 0 spiro atoms. The van der Waals surface area contributed by atoms with Crippen molar-refractivity contribution in [3.05, 3.63) is 65.7 Å². The van der Waals surface area contributed by atoms with Gasteiger partial charge in [-0.3, -0.25) is 14.6 Å². The van der Waals surface area contributed by atoms with Gasteiger partial charge in [-0.05, 0) is 36.8 Å². The van der Waals surface area contributed by atoms with E-state index in [2.05, 4.69) is 15.7 Å². The van der Waals surface area contributed by atoms with E-state index in [0.29, 0.717) is 18.7 Å². The van der Waals surface area contributed by atoms with Crippen molar-refractivity contribution in [2.75, 3.05) is 18.1 Å². The van der Waals surface area contributed by atoms with Crippen molar-refractivity contribution in [3.8, 4) is 0 Å². The van der Waals surface area contributed by atoms with E-state index in [-0.39, 0.29) is 18.2 Å². The molecule has 27 heavy (non-hydrogen) atoms. The molecule has 6 heteroatoms. The molecule has 0 radical (unpaired) electrons. The molecule has 2 amide bonds. The standard InChI is InChI=1S/C21H24N4O2/c1-16-12-14-25(24-16)19-9-7-18(8-10-19)21(27)22-13-11-20(26)23-15-17-5-3-2-4-6-17/h2-10H,11-15H2,1H3,(H,22,27)(H,23,26). The monoisotopic (exact) mass is 364 g/mol. The normalized spacial score (nSPS) is 13.2. The molecule has 140 valence electrons. The predicted molar refractivity (Wildman–Crippen MR) is 107 cm³/mol. The highest BCUT2D eigenvalue weighted by atomic mass is 16.2. The van der Waals surface area contributed by atoms with E-state index in [1.807, 2.05) is 54.4 Å². The molecule has 2 aromatic rings. The van der Waals surface area contributed by atoms with E-state index >= 15 is 0 Å². The van der Waals surface area contributed by atoms with Gasteiger partial charge in [0.1, 0.15) is 0 Å². The molecule has 3 rings (SSSR count). The second-order valence-corrected chi connectivity index (χ2v) is 6.52. The highest BCUT2D eigenvalue weighted by molar-refractivity contribution is 5.95. The van der Waals surface area contributed by atoms with Crippen molar-refractivity contribution in [1.29, 1.82) is 0 Å². The van der Waals surface area contributed by atoms with Crippen LogP contribution in [0.1, 0.15) is 35.7 Å². The number of hydrazone groups is 1. The van der Waals surface area contributed by atoms with Gasteiger partial charge < -0.3 is 10.6 Å². The average molecular weight is 364 g/mol. The summed E-state index contributed by atoms with van der Waals surface area (Å²) < 4.78 is 0. The van der Waals surface area contributed by atoms with Gasteiger partial charge in [0.25, 0.3) is 5.91 Å². The van der Waals surface area contributed by atoms with Gasteiger partial charge in [0.15, 0.2) is 0 Å². The topological polar surface area (TPSA) is 73.8 Å². The van der Waals surface area contributed by atoms with Gasteiger partial charge in [-0.1, -0.05) is 30.3 Å². The fourth-order valence-electron chi connectivity index (χ4n) is 2.82. The maximum absolute atomic E-state index is 12.2. The summed E-state index contributed by atoms with van der Waals surface area (Å²) in [7, 11) is 0. The highest BCUT2D eigenvalue weighted by Gasteiger charge is 2.13. The lowest BCUT2D eigenvalue weighted by Gasteiger charge is -2.14. The van der Waals surface area contributed by atoms with E-state index in [1.54, 1.807) is 12.1 Å². The number of amides is 2. The van der Waals surface area contributed by atoms with Crippen LogP contribution in [0.4, 0.5) is 5.69 Å². The number of hydrogen-bond acceptors (Lipinski definition) is 4. The molecule has 0 aromatic heterocycles. The smallest absolute Gasteiger partial charge is 0.251 e. The quantitative estimate of drug-likeness (QED) is 0.793. The lowest BCUT2D eigenvalue weighted by atomic mass is 10.2. The Kier molecular flexibility index (Phi) is 6.20. The molecule has 2 aromatic carbocycles. The molecule has 0 saturated heterocycles. The largest absolute Gasteiger partial charge is 0.352 e. The minimum atomic E-state index is -0.182. The van der Waals surface area contributed by atoms with E-state index in [4.69, 9.17) is 0 Å². The summed E-state index contributed by atoms with van der Waals surface area (Å²) in [4.78, 5) is 24.1. The third kappa shape index (κ3) is 5.41. The van der Waals surface area contributed by atoms with Crippen molar-refractivity contribution in [2.24, 2.45) is 5.10 Å². The van der Waals surface area contributed by atoms with Crippen molar-refractivity contribution in [1.82, 2.24) is 10.6 Å². The van der Waals surface area contributed by atoms with E-state index < -0.39 is 0 Å². The van der Waals surface area contributed by atoms with Crippen LogP contribution in [0.3, 0.4) is 0 Å². The lowest BCUT2D eigenvalue weighted by molar-refractivity contribution is -0.121. The number of anilines is 1. The maximum atomic E-state index is 12.2. The summed E-state index contributed by atoms with van der Waals surface area (Å²) in [5, 5.41) is 12.0. The van der Waals surface area contributed by atoms with Gasteiger partial charge >= 0.3 is 0 Å². The molecular formula is C21H24N4O2. The zero-order chi connectivity index (χ0) is 19.1. The first-order valence-corrected chi connectivity index (χ1v) is 9.12. The zero-order valence-electron chi connectivity index (χ0n) is 15.4. The van der Waals surface area contributed by atoms with E-state index in [0.717, 1.165) is 29.9 Å². The fourth-order valence-corrected chi connectivity index (χ4v) is 2.82. The second-order valence-electron chi connectivity index (χ2n) is 6.52. The first-order valence-electron chi connectivity index (χ1n) is 9.12. The van der Waals surface area contributed by atoms with Crippen molar-refractivity contribution >= 4 is 23.2 Å². The maximum Gasteiger partial charge on any atom is 0.251 e. The van der Waals surface area contributed by atoms with Crippen LogP contribution in [-0.4, -0.2) is 30.6 Å². The second kappa shape index (κ2) is 8.98. The van der Waals surface area contributed by atoms with E-state index in [1.165, 1.54) is 0 Å². The van der Waals surface area contributed by atoms with Crippen LogP contribution in [0, 0.1) is 0 Å². The summed E-state index contributed by atoms with van der Waals surface area (Å²) in [5.41, 5.74) is 3.71. The summed E-state index contributed by atoms with van der Waals surface area (Å²) in [6, 6.07) is 17.1. The first-order chi connectivity index (χ1) is 13.1. The fraction of sp³-hybridized carbons (Fsp3) is 0.286. The molecule has 2 N–H and O–H groups in total. The highest BCUT2D eigenvalue weighted by Crippen LogP contribution is 2.19. The van der Waals surface area contributed by atoms with Crippen LogP contribution in [0.2, 0.25) is 0 Å². The molecule has 6 nitrogen and oxygen atoms in total. The summed E-state index contributed by atoms with van der Waals surface area (Å²) in [6.07, 6.45) is 1.22. The molecule has 1 aliphatic rings. The lowest BCUT2D eigenvalue weighted by Crippen LogP contribution is -2.30. The number of hydrogen-bond donors (Lipinski definition) is 2. The third-order valence-corrected chi connectivity index (χ3v) is 4.37. The van der Waals surface area contributed by atoms with Crippen LogP contribution in [-0.2, 0) is 11.3 Å². The van der Waals surface area contributed by atoms with Crippen LogP contribution >= 0.6 is 0 Å². The van der Waals surface area contributed by atoms with E-state index in [9.17, 15) is 9.59 Å². The SMILES string of the molecule is CC1=NN(c2ccc(C(=O)NCCC(=O)NCc3ccccc3)cc2)CC1. The number of nitrogens with zero attached hydrogens (tertiary/aromatic N) is 2. The Morgan fingerprint density at radius 2 is 1.78 bits per heavy atom. The molecule has 0 aliphatic carbocycles. The van der Waals surface area contributed by atoms with Gasteiger partial charge in [-0.15, -0.1) is 0 Å². The Hall–Kier alpha value is -3.15. The van der Waals surface area contributed by atoms with Crippen LogP contribution < -0.4 is 15.6 Å². The minimum Gasteiger partial charge on any atom is -0.352 e. The number of benzene rings is 2. The molecule has 1 aliphatic heterocycles. The van der Waals surface area contributed by atoms with Crippen LogP contribution in [0.25, 0.3) is 0 Å². The Labute approximate surface area is 159 Å². The Morgan fingerprint density at radius 3 is 2.44 bits per heavy atom. The van der Waals surface area contributed by atoms with Gasteiger partial charge in [0, 0.05) is 43.8 Å². The molecular weight excluding hydrogens is 340 g/mol. The summed E-state index contributed by atoms with van der Waals surface area (Å²) >= 11 is 0. The van der Waals surface area contributed by atoms with Crippen LogP contribution in [0.5, 0.6) is 0 Å².